The summed E-state index contributed by atoms with van der Waals surface area (Å²) in [6.07, 6.45) is 3.88. The van der Waals surface area contributed by atoms with Crippen molar-refractivity contribution in [2.24, 2.45) is 5.92 Å². The topological polar surface area (TPSA) is 66.3 Å². The summed E-state index contributed by atoms with van der Waals surface area (Å²) in [6.45, 7) is 2.02. The van der Waals surface area contributed by atoms with Gasteiger partial charge in [-0.25, -0.2) is 19.3 Å². The van der Waals surface area contributed by atoms with Gasteiger partial charge in [0.15, 0.2) is 5.65 Å². The fourth-order valence-corrected chi connectivity index (χ4v) is 2.94. The van der Waals surface area contributed by atoms with Gasteiger partial charge in [-0.15, -0.1) is 0 Å². The van der Waals surface area contributed by atoms with E-state index in [2.05, 4.69) is 36.0 Å². The summed E-state index contributed by atoms with van der Waals surface area (Å²) in [5, 5.41) is 7.44. The summed E-state index contributed by atoms with van der Waals surface area (Å²) in [5.74, 6) is 1.66. The maximum Gasteiger partial charge on any atom is 0.348 e. The van der Waals surface area contributed by atoms with Crippen LogP contribution >= 0.6 is 15.9 Å². The number of halogens is 1. The molecule has 0 radical (unpaired) electrons. The molecule has 1 aliphatic heterocycles. The molecular weight excluding hydrogens is 298 g/mol. The molecule has 18 heavy (non-hydrogen) atoms. The number of anilines is 1. The Morgan fingerprint density at radius 2 is 2.22 bits per heavy atom. The molecule has 6 nitrogen and oxygen atoms in total. The zero-order chi connectivity index (χ0) is 12.5. The fourth-order valence-electron chi connectivity index (χ4n) is 2.29. The summed E-state index contributed by atoms with van der Waals surface area (Å²) >= 11 is 3.54. The summed E-state index contributed by atoms with van der Waals surface area (Å²) in [7, 11) is 0. The number of fused-ring (bicyclic) bond motifs is 1. The van der Waals surface area contributed by atoms with Gasteiger partial charge in [-0.3, -0.25) is 0 Å². The lowest BCUT2D eigenvalue weighted by atomic mass is 9.99. The van der Waals surface area contributed by atoms with Crippen molar-refractivity contribution in [3.63, 3.8) is 0 Å². The number of aromatic amines is 1. The van der Waals surface area contributed by atoms with Gasteiger partial charge >= 0.3 is 5.69 Å². The third-order valence-corrected chi connectivity index (χ3v) is 4.37. The minimum atomic E-state index is -0.248. The molecule has 0 aromatic carbocycles. The van der Waals surface area contributed by atoms with Crippen molar-refractivity contribution in [1.29, 1.82) is 0 Å². The third-order valence-electron chi connectivity index (χ3n) is 3.45. The van der Waals surface area contributed by atoms with Crippen LogP contribution in [0.15, 0.2) is 17.2 Å². The Hall–Kier alpha value is -1.37. The number of hydrogen-bond acceptors (Lipinski definition) is 4. The predicted octanol–water partition coefficient (Wildman–Crippen LogP) is 1.03. The third kappa shape index (κ3) is 2.03. The maximum absolute atomic E-state index is 11.3. The molecule has 1 fully saturated rings. The molecule has 0 saturated carbocycles. The molecule has 96 valence electrons. The van der Waals surface area contributed by atoms with Crippen LogP contribution in [0.5, 0.6) is 0 Å². The van der Waals surface area contributed by atoms with E-state index in [0.717, 1.165) is 30.2 Å². The molecule has 3 rings (SSSR count). The van der Waals surface area contributed by atoms with Crippen molar-refractivity contribution in [3.8, 4) is 0 Å². The number of nitrogens with one attached hydrogen (secondary N) is 1. The van der Waals surface area contributed by atoms with Crippen molar-refractivity contribution in [2.45, 2.75) is 12.8 Å². The molecule has 0 spiro atoms. The normalized spacial score (nSPS) is 17.5. The Kier molecular flexibility index (Phi) is 3.07. The minimum Gasteiger partial charge on any atom is -0.356 e. The average molecular weight is 312 g/mol. The van der Waals surface area contributed by atoms with Crippen LogP contribution in [0, 0.1) is 5.92 Å². The Morgan fingerprint density at radius 3 is 2.94 bits per heavy atom. The molecule has 1 saturated heterocycles. The van der Waals surface area contributed by atoms with E-state index in [4.69, 9.17) is 0 Å². The van der Waals surface area contributed by atoms with Crippen LogP contribution < -0.4 is 10.6 Å². The van der Waals surface area contributed by atoms with E-state index in [1.54, 1.807) is 0 Å². The Labute approximate surface area is 112 Å². The van der Waals surface area contributed by atoms with E-state index in [1.165, 1.54) is 23.6 Å². The number of nitrogens with zero attached hydrogens (tertiary/aromatic N) is 4. The number of piperidine rings is 1. The highest BCUT2D eigenvalue weighted by atomic mass is 79.9. The van der Waals surface area contributed by atoms with E-state index < -0.39 is 0 Å². The van der Waals surface area contributed by atoms with Gasteiger partial charge in [0.25, 0.3) is 0 Å². The van der Waals surface area contributed by atoms with Crippen molar-refractivity contribution in [2.75, 3.05) is 23.3 Å². The highest BCUT2D eigenvalue weighted by Gasteiger charge is 2.19. The highest BCUT2D eigenvalue weighted by molar-refractivity contribution is 9.09. The number of aromatic nitrogens is 4. The van der Waals surface area contributed by atoms with Crippen LogP contribution in [0.25, 0.3) is 5.65 Å². The van der Waals surface area contributed by atoms with E-state index >= 15 is 0 Å². The van der Waals surface area contributed by atoms with Gasteiger partial charge in [-0.2, -0.15) is 5.10 Å². The van der Waals surface area contributed by atoms with Crippen molar-refractivity contribution >= 4 is 27.4 Å². The predicted molar refractivity (Wildman–Crippen MR) is 72.3 cm³/mol. The smallest absolute Gasteiger partial charge is 0.348 e. The van der Waals surface area contributed by atoms with Crippen LogP contribution in [-0.2, 0) is 0 Å². The Balaban J connectivity index is 1.84. The summed E-state index contributed by atoms with van der Waals surface area (Å²) < 4.78 is 1.41. The van der Waals surface area contributed by atoms with Crippen LogP contribution in [-0.4, -0.2) is 38.0 Å². The number of H-pyrrole nitrogens is 1. The van der Waals surface area contributed by atoms with E-state index in [1.807, 2.05) is 6.07 Å². The molecule has 1 aliphatic rings. The maximum atomic E-state index is 11.3. The fraction of sp³-hybridized carbons (Fsp3) is 0.545. The molecule has 7 heteroatoms. The largest absolute Gasteiger partial charge is 0.356 e. The molecule has 3 heterocycles. The molecule has 0 aliphatic carbocycles. The quantitative estimate of drug-likeness (QED) is 0.841. The second-order valence-corrected chi connectivity index (χ2v) is 5.24. The minimum absolute atomic E-state index is 0.248. The van der Waals surface area contributed by atoms with Crippen molar-refractivity contribution < 1.29 is 0 Å². The van der Waals surface area contributed by atoms with Crippen molar-refractivity contribution in [3.05, 3.63) is 22.9 Å². The van der Waals surface area contributed by atoms with Gasteiger partial charge in [0, 0.05) is 24.5 Å². The first-order valence-electron chi connectivity index (χ1n) is 6.01. The SMILES string of the molecule is O=c1[nH]nc2cc(N3CCC(CBr)CC3)ncn12. The number of hydrogen-bond donors (Lipinski definition) is 1. The highest BCUT2D eigenvalue weighted by Crippen LogP contribution is 2.23. The standard InChI is InChI=1S/C11H14BrN5O/c12-6-8-1-3-16(4-2-8)9-5-10-14-15-11(18)17(10)7-13-9/h5,7-8H,1-4,6H2,(H,15,18). The second kappa shape index (κ2) is 4.72. The first-order valence-corrected chi connectivity index (χ1v) is 7.14. The lowest BCUT2D eigenvalue weighted by Crippen LogP contribution is -2.34. The summed E-state index contributed by atoms with van der Waals surface area (Å²) in [5.41, 5.74) is 0.370. The molecular formula is C11H14BrN5O. The Morgan fingerprint density at radius 1 is 1.44 bits per heavy atom. The van der Waals surface area contributed by atoms with Gasteiger partial charge in [-0.05, 0) is 18.8 Å². The molecule has 1 N–H and O–H groups in total. The van der Waals surface area contributed by atoms with E-state index in [-0.39, 0.29) is 5.69 Å². The van der Waals surface area contributed by atoms with E-state index in [0.29, 0.717) is 5.65 Å². The van der Waals surface area contributed by atoms with Crippen LogP contribution in [0.3, 0.4) is 0 Å². The molecule has 0 amide bonds. The number of rotatable bonds is 2. The molecule has 2 aromatic rings. The van der Waals surface area contributed by atoms with Crippen LogP contribution in [0.4, 0.5) is 5.82 Å². The van der Waals surface area contributed by atoms with Crippen molar-refractivity contribution in [1.82, 2.24) is 19.6 Å². The monoisotopic (exact) mass is 311 g/mol. The van der Waals surface area contributed by atoms with Gasteiger partial charge in [0.05, 0.1) is 0 Å². The summed E-state index contributed by atoms with van der Waals surface area (Å²) in [6, 6.07) is 1.85. The zero-order valence-corrected chi connectivity index (χ0v) is 11.4. The van der Waals surface area contributed by atoms with Gasteiger partial charge in [0.1, 0.15) is 12.1 Å². The van der Waals surface area contributed by atoms with Gasteiger partial charge in [0.2, 0.25) is 0 Å². The average Bonchev–Trinajstić information content (AvgIpc) is 2.80. The lowest BCUT2D eigenvalue weighted by Gasteiger charge is -2.31. The zero-order valence-electron chi connectivity index (χ0n) is 9.84. The summed E-state index contributed by atoms with van der Waals surface area (Å²) in [4.78, 5) is 17.9. The molecule has 0 bridgehead atoms. The Bertz CT molecular complexity index is 599. The first kappa shape index (κ1) is 11.7. The van der Waals surface area contributed by atoms with E-state index in [9.17, 15) is 4.79 Å². The lowest BCUT2D eigenvalue weighted by molar-refractivity contribution is 0.445. The van der Waals surface area contributed by atoms with Gasteiger partial charge in [-0.1, -0.05) is 15.9 Å². The molecule has 0 atom stereocenters. The first-order chi connectivity index (χ1) is 8.78. The number of alkyl halides is 1. The van der Waals surface area contributed by atoms with Crippen LogP contribution in [0.1, 0.15) is 12.8 Å². The molecule has 0 unspecified atom stereocenters. The second-order valence-electron chi connectivity index (χ2n) is 4.59. The van der Waals surface area contributed by atoms with Gasteiger partial charge < -0.3 is 4.90 Å². The van der Waals surface area contributed by atoms with Crippen LogP contribution in [0.2, 0.25) is 0 Å². The molecule has 2 aromatic heterocycles.